The minimum absolute atomic E-state index is 0.667. The Morgan fingerprint density at radius 2 is 2.36 bits per heavy atom. The quantitative estimate of drug-likeness (QED) is 0.627. The van der Waals surface area contributed by atoms with E-state index in [1.165, 1.54) is 11.3 Å². The molecule has 0 amide bonds. The molecule has 0 unspecified atom stereocenters. The Labute approximate surface area is 90.9 Å². The predicted octanol–water partition coefficient (Wildman–Crippen LogP) is 3.01. The Morgan fingerprint density at radius 1 is 1.57 bits per heavy atom. The zero-order valence-corrected chi connectivity index (χ0v) is 9.19. The number of thiophene rings is 1. The first kappa shape index (κ1) is 9.55. The molecule has 0 radical (unpaired) electrons. The summed E-state index contributed by atoms with van der Waals surface area (Å²) >= 11 is 5.80. The minimum atomic E-state index is 0.667. The van der Waals surface area contributed by atoms with E-state index in [1.807, 2.05) is 11.4 Å². The van der Waals surface area contributed by atoms with Crippen LogP contribution in [0, 0.1) is 0 Å². The number of aldehydes is 1. The molecule has 14 heavy (non-hydrogen) atoms. The summed E-state index contributed by atoms with van der Waals surface area (Å²) < 4.78 is 6.18. The summed E-state index contributed by atoms with van der Waals surface area (Å²) in [5, 5.41) is 2.89. The Kier molecular flexibility index (Phi) is 2.48. The number of thiol groups is 1. The van der Waals surface area contributed by atoms with Crippen molar-refractivity contribution in [3.05, 3.63) is 23.1 Å². The standard InChI is InChI=1S/C10H8O2S2/c1-12-9-7-2-3-14-10(7)6(5-11)4-8(9)13/h2-5,13H,1H3. The Balaban J connectivity index is 2.88. The second-order valence-electron chi connectivity index (χ2n) is 2.80. The first-order chi connectivity index (χ1) is 6.77. The third-order valence-electron chi connectivity index (χ3n) is 2.03. The lowest BCUT2D eigenvalue weighted by molar-refractivity contribution is 0.112. The summed E-state index contributed by atoms with van der Waals surface area (Å²) in [7, 11) is 1.60. The molecule has 4 heteroatoms. The normalized spacial score (nSPS) is 10.4. The van der Waals surface area contributed by atoms with E-state index >= 15 is 0 Å². The molecular formula is C10H8O2S2. The smallest absolute Gasteiger partial charge is 0.151 e. The Morgan fingerprint density at radius 3 is 3.00 bits per heavy atom. The third kappa shape index (κ3) is 1.31. The summed E-state index contributed by atoms with van der Waals surface area (Å²) in [6.45, 7) is 0. The van der Waals surface area contributed by atoms with Crippen molar-refractivity contribution in [2.75, 3.05) is 7.11 Å². The third-order valence-corrected chi connectivity index (χ3v) is 3.32. The van der Waals surface area contributed by atoms with Gasteiger partial charge in [-0.25, -0.2) is 0 Å². The van der Waals surface area contributed by atoms with E-state index in [-0.39, 0.29) is 0 Å². The highest BCUT2D eigenvalue weighted by Gasteiger charge is 2.10. The lowest BCUT2D eigenvalue weighted by Gasteiger charge is -2.06. The van der Waals surface area contributed by atoms with E-state index in [4.69, 9.17) is 4.74 Å². The molecule has 1 heterocycles. The summed E-state index contributed by atoms with van der Waals surface area (Å²) in [5.41, 5.74) is 0.667. The molecule has 0 aliphatic carbocycles. The molecule has 0 atom stereocenters. The van der Waals surface area contributed by atoms with Gasteiger partial charge in [-0.1, -0.05) is 0 Å². The fourth-order valence-corrected chi connectivity index (χ4v) is 2.65. The molecule has 0 aliphatic heterocycles. The van der Waals surface area contributed by atoms with Crippen LogP contribution >= 0.6 is 24.0 Å². The maximum Gasteiger partial charge on any atom is 0.151 e. The molecule has 2 rings (SSSR count). The van der Waals surface area contributed by atoms with Crippen molar-refractivity contribution in [3.63, 3.8) is 0 Å². The Hall–Kier alpha value is -1.00. The number of ether oxygens (including phenoxy) is 1. The van der Waals surface area contributed by atoms with Crippen LogP contribution in [0.1, 0.15) is 10.4 Å². The van der Waals surface area contributed by atoms with E-state index < -0.39 is 0 Å². The number of rotatable bonds is 2. The molecule has 0 saturated heterocycles. The maximum atomic E-state index is 10.8. The van der Waals surface area contributed by atoms with Crippen LogP contribution < -0.4 is 4.74 Å². The van der Waals surface area contributed by atoms with Crippen LogP contribution in [0.3, 0.4) is 0 Å². The van der Waals surface area contributed by atoms with Crippen LogP contribution in [0.5, 0.6) is 5.75 Å². The summed E-state index contributed by atoms with van der Waals surface area (Å²) in [4.78, 5) is 11.5. The van der Waals surface area contributed by atoms with E-state index in [2.05, 4.69) is 12.6 Å². The fraction of sp³-hybridized carbons (Fsp3) is 0.100. The average Bonchev–Trinajstić information content (AvgIpc) is 2.65. The van der Waals surface area contributed by atoms with E-state index in [0.717, 1.165) is 22.1 Å². The van der Waals surface area contributed by atoms with Crippen molar-refractivity contribution in [3.8, 4) is 5.75 Å². The average molecular weight is 224 g/mol. The van der Waals surface area contributed by atoms with E-state index in [1.54, 1.807) is 13.2 Å². The highest BCUT2D eigenvalue weighted by molar-refractivity contribution is 7.80. The first-order valence-electron chi connectivity index (χ1n) is 4.00. The van der Waals surface area contributed by atoms with Gasteiger partial charge in [0.25, 0.3) is 0 Å². The molecule has 0 N–H and O–H groups in total. The number of carbonyl (C=O) groups is 1. The SMILES string of the molecule is COc1c(S)cc(C=O)c2sccc12. The number of hydrogen-bond donors (Lipinski definition) is 1. The van der Waals surface area contributed by atoms with Gasteiger partial charge < -0.3 is 4.74 Å². The van der Waals surface area contributed by atoms with Gasteiger partial charge in [-0.05, 0) is 17.5 Å². The van der Waals surface area contributed by atoms with Crippen molar-refractivity contribution in [1.82, 2.24) is 0 Å². The van der Waals surface area contributed by atoms with Crippen molar-refractivity contribution < 1.29 is 9.53 Å². The predicted molar refractivity (Wildman–Crippen MR) is 61.0 cm³/mol. The molecule has 0 aliphatic rings. The number of hydrogen-bond acceptors (Lipinski definition) is 4. The van der Waals surface area contributed by atoms with Crippen molar-refractivity contribution in [2.24, 2.45) is 0 Å². The monoisotopic (exact) mass is 224 g/mol. The lowest BCUT2D eigenvalue weighted by Crippen LogP contribution is -1.88. The maximum absolute atomic E-state index is 10.8. The van der Waals surface area contributed by atoms with Crippen molar-refractivity contribution in [1.29, 1.82) is 0 Å². The highest BCUT2D eigenvalue weighted by Crippen LogP contribution is 2.36. The topological polar surface area (TPSA) is 26.3 Å². The van der Waals surface area contributed by atoms with Crippen molar-refractivity contribution in [2.45, 2.75) is 4.90 Å². The largest absolute Gasteiger partial charge is 0.495 e. The van der Waals surface area contributed by atoms with Gasteiger partial charge in [-0.3, -0.25) is 4.79 Å². The van der Waals surface area contributed by atoms with Crippen LogP contribution in [0.15, 0.2) is 22.4 Å². The molecular weight excluding hydrogens is 216 g/mol. The van der Waals surface area contributed by atoms with Crippen LogP contribution in [0.2, 0.25) is 0 Å². The van der Waals surface area contributed by atoms with Crippen LogP contribution in [0.25, 0.3) is 10.1 Å². The van der Waals surface area contributed by atoms with Gasteiger partial charge in [0.15, 0.2) is 6.29 Å². The Bertz CT molecular complexity index is 488. The van der Waals surface area contributed by atoms with E-state index in [9.17, 15) is 4.79 Å². The second-order valence-corrected chi connectivity index (χ2v) is 4.20. The molecule has 1 aromatic heterocycles. The van der Waals surface area contributed by atoms with Gasteiger partial charge in [0.05, 0.1) is 7.11 Å². The second kappa shape index (κ2) is 3.63. The number of benzene rings is 1. The summed E-state index contributed by atoms with van der Waals surface area (Å²) in [6.07, 6.45) is 0.845. The van der Waals surface area contributed by atoms with Crippen molar-refractivity contribution >= 4 is 40.3 Å². The van der Waals surface area contributed by atoms with Gasteiger partial charge in [-0.15, -0.1) is 24.0 Å². The number of fused-ring (bicyclic) bond motifs is 1. The fourth-order valence-electron chi connectivity index (χ4n) is 1.43. The molecule has 1 aromatic carbocycles. The lowest BCUT2D eigenvalue weighted by atomic mass is 10.1. The summed E-state index contributed by atoms with van der Waals surface area (Å²) in [5.74, 6) is 0.732. The first-order valence-corrected chi connectivity index (χ1v) is 5.33. The van der Waals surface area contributed by atoms with Gasteiger partial charge in [0.2, 0.25) is 0 Å². The van der Waals surface area contributed by atoms with E-state index in [0.29, 0.717) is 10.5 Å². The molecule has 0 saturated carbocycles. The van der Waals surface area contributed by atoms with Crippen LogP contribution in [-0.2, 0) is 0 Å². The van der Waals surface area contributed by atoms with Crippen LogP contribution in [-0.4, -0.2) is 13.4 Å². The van der Waals surface area contributed by atoms with Gasteiger partial charge in [0, 0.05) is 20.5 Å². The minimum Gasteiger partial charge on any atom is -0.495 e. The molecule has 2 nitrogen and oxygen atoms in total. The molecule has 2 aromatic rings. The zero-order chi connectivity index (χ0) is 10.1. The molecule has 0 fully saturated rings. The van der Waals surface area contributed by atoms with Crippen LogP contribution in [0.4, 0.5) is 0 Å². The molecule has 0 bridgehead atoms. The number of carbonyl (C=O) groups excluding carboxylic acids is 1. The number of methoxy groups -OCH3 is 1. The summed E-state index contributed by atoms with van der Waals surface area (Å²) in [6, 6.07) is 3.67. The zero-order valence-electron chi connectivity index (χ0n) is 7.48. The van der Waals surface area contributed by atoms with Gasteiger partial charge in [0.1, 0.15) is 5.75 Å². The highest BCUT2D eigenvalue weighted by atomic mass is 32.1. The van der Waals surface area contributed by atoms with Gasteiger partial charge in [-0.2, -0.15) is 0 Å². The molecule has 72 valence electrons. The molecule has 0 spiro atoms. The van der Waals surface area contributed by atoms with Gasteiger partial charge >= 0.3 is 0 Å².